The van der Waals surface area contributed by atoms with Crippen LogP contribution in [0.2, 0.25) is 0 Å². The van der Waals surface area contributed by atoms with Crippen molar-refractivity contribution in [3.8, 4) is 11.8 Å². The van der Waals surface area contributed by atoms with E-state index < -0.39 is 24.5 Å². The van der Waals surface area contributed by atoms with Gasteiger partial charge in [0.25, 0.3) is 0 Å². The molecule has 0 aromatic carbocycles. The van der Waals surface area contributed by atoms with Gasteiger partial charge in [-0.05, 0) is 31.6 Å². The topological polar surface area (TPSA) is 158 Å². The second kappa shape index (κ2) is 8.49. The van der Waals surface area contributed by atoms with Gasteiger partial charge in [0.05, 0.1) is 20.0 Å². The minimum atomic E-state index is -0.921. The molecule has 1 aliphatic heterocycles. The Bertz CT molecular complexity index is 1150. The van der Waals surface area contributed by atoms with Crippen LogP contribution in [0.25, 0.3) is 11.2 Å². The smallest absolute Gasteiger partial charge is 0.410 e. The third-order valence-electron chi connectivity index (χ3n) is 5.87. The van der Waals surface area contributed by atoms with Crippen molar-refractivity contribution in [2.45, 2.75) is 62.6 Å². The number of fused-ring (bicyclic) bond motifs is 1. The lowest BCUT2D eigenvalue weighted by Gasteiger charge is -2.17. The molecule has 3 fully saturated rings. The van der Waals surface area contributed by atoms with Crippen molar-refractivity contribution in [3.63, 3.8) is 0 Å². The molecule has 3 aliphatic rings. The maximum Gasteiger partial charge on any atom is 0.410 e. The zero-order valence-electron chi connectivity index (χ0n) is 18.1. The van der Waals surface area contributed by atoms with Gasteiger partial charge >= 0.3 is 6.09 Å². The SMILES string of the molecule is COC(=O)N(CC#Cc1nc(N)c2ncn([C@@H]3O[C@H](C(=O)NC4CC4)C[C@@H]3O)c2n1)C1CC1. The first-order valence-corrected chi connectivity index (χ1v) is 10.9. The van der Waals surface area contributed by atoms with Crippen LogP contribution in [-0.4, -0.2) is 79.5 Å². The lowest BCUT2D eigenvalue weighted by molar-refractivity contribution is -0.134. The predicted octanol–water partition coefficient (Wildman–Crippen LogP) is -0.0822. The molecule has 0 spiro atoms. The number of nitrogens with zero attached hydrogens (tertiary/aromatic N) is 5. The molecule has 33 heavy (non-hydrogen) atoms. The van der Waals surface area contributed by atoms with E-state index in [1.54, 1.807) is 9.47 Å². The summed E-state index contributed by atoms with van der Waals surface area (Å²) in [7, 11) is 1.34. The van der Waals surface area contributed by atoms with Crippen LogP contribution in [0.15, 0.2) is 6.33 Å². The van der Waals surface area contributed by atoms with Crippen LogP contribution in [0.5, 0.6) is 0 Å². The maximum absolute atomic E-state index is 12.4. The summed E-state index contributed by atoms with van der Waals surface area (Å²) in [6.07, 6.45) is 2.46. The number of amides is 2. The van der Waals surface area contributed by atoms with Crippen LogP contribution in [0.3, 0.4) is 0 Å². The molecule has 12 nitrogen and oxygen atoms in total. The average Bonchev–Trinajstić information content (AvgIpc) is 3.72. The highest BCUT2D eigenvalue weighted by Crippen LogP contribution is 2.32. The number of rotatable bonds is 5. The van der Waals surface area contributed by atoms with Gasteiger partial charge in [0.15, 0.2) is 17.7 Å². The van der Waals surface area contributed by atoms with E-state index in [-0.39, 0.29) is 42.6 Å². The van der Waals surface area contributed by atoms with E-state index in [2.05, 4.69) is 32.1 Å². The van der Waals surface area contributed by atoms with Crippen molar-refractivity contribution >= 4 is 29.0 Å². The highest BCUT2D eigenvalue weighted by molar-refractivity contribution is 5.83. The number of imidazole rings is 1. The van der Waals surface area contributed by atoms with E-state index >= 15 is 0 Å². The summed E-state index contributed by atoms with van der Waals surface area (Å²) in [5.41, 5.74) is 6.74. The molecule has 174 valence electrons. The second-order valence-corrected chi connectivity index (χ2v) is 8.49. The molecule has 0 unspecified atom stereocenters. The van der Waals surface area contributed by atoms with Gasteiger partial charge in [-0.3, -0.25) is 14.3 Å². The predicted molar refractivity (Wildman–Crippen MR) is 114 cm³/mol. The fourth-order valence-electron chi connectivity index (χ4n) is 3.82. The van der Waals surface area contributed by atoms with Gasteiger partial charge in [0, 0.05) is 18.5 Å². The number of anilines is 1. The van der Waals surface area contributed by atoms with Gasteiger partial charge in [-0.15, -0.1) is 0 Å². The molecule has 2 saturated carbocycles. The number of methoxy groups -OCH3 is 1. The average molecular weight is 455 g/mol. The Morgan fingerprint density at radius 1 is 1.36 bits per heavy atom. The first-order valence-electron chi connectivity index (χ1n) is 10.9. The molecule has 2 aromatic heterocycles. The standard InChI is InChI=1S/C21H25N7O5/c1-32-21(31)27(12-6-7-12)8-2-3-15-25-17(22)16-18(26-15)28(10-23-16)20-13(29)9-14(33-20)19(30)24-11-4-5-11/h10-14,20,29H,4-9H2,1H3,(H,24,30)(H2,22,25,26)/t13-,14-,20+/m0/s1. The largest absolute Gasteiger partial charge is 0.453 e. The molecule has 2 aromatic rings. The molecular weight excluding hydrogens is 430 g/mol. The van der Waals surface area contributed by atoms with Crippen molar-refractivity contribution in [1.82, 2.24) is 29.7 Å². The number of hydrogen-bond donors (Lipinski definition) is 3. The fraction of sp³-hybridized carbons (Fsp3) is 0.571. The number of carbonyl (C=O) groups is 2. The number of nitrogens with one attached hydrogen (secondary N) is 1. The quantitative estimate of drug-likeness (QED) is 0.524. The molecule has 2 aliphatic carbocycles. The summed E-state index contributed by atoms with van der Waals surface area (Å²) in [5, 5.41) is 13.5. The van der Waals surface area contributed by atoms with E-state index in [0.29, 0.717) is 11.2 Å². The molecule has 0 radical (unpaired) electrons. The molecule has 4 N–H and O–H groups in total. The Morgan fingerprint density at radius 2 is 2.15 bits per heavy atom. The number of aromatic nitrogens is 4. The Hall–Kier alpha value is -3.43. The summed E-state index contributed by atoms with van der Waals surface area (Å²) in [6, 6.07) is 0.350. The molecule has 0 bridgehead atoms. The van der Waals surface area contributed by atoms with E-state index in [4.69, 9.17) is 15.2 Å². The molecular formula is C21H25N7O5. The van der Waals surface area contributed by atoms with Gasteiger partial charge in [-0.1, -0.05) is 5.92 Å². The third-order valence-corrected chi connectivity index (χ3v) is 5.87. The van der Waals surface area contributed by atoms with Gasteiger partial charge in [-0.25, -0.2) is 19.7 Å². The summed E-state index contributed by atoms with van der Waals surface area (Å²) in [5.74, 6) is 5.79. The van der Waals surface area contributed by atoms with Crippen molar-refractivity contribution in [1.29, 1.82) is 0 Å². The molecule has 2 amide bonds. The third kappa shape index (κ3) is 4.42. The van der Waals surface area contributed by atoms with Gasteiger partial charge in [-0.2, -0.15) is 0 Å². The monoisotopic (exact) mass is 455 g/mol. The van der Waals surface area contributed by atoms with Crippen LogP contribution in [-0.2, 0) is 14.3 Å². The Morgan fingerprint density at radius 3 is 2.85 bits per heavy atom. The van der Waals surface area contributed by atoms with Crippen molar-refractivity contribution in [2.24, 2.45) is 0 Å². The number of carbonyl (C=O) groups excluding carboxylic acids is 2. The number of aliphatic hydroxyl groups is 1. The number of nitrogens with two attached hydrogens (primary N) is 1. The van der Waals surface area contributed by atoms with Crippen LogP contribution in [0.1, 0.15) is 44.2 Å². The van der Waals surface area contributed by atoms with Crippen molar-refractivity contribution in [3.05, 3.63) is 12.2 Å². The summed E-state index contributed by atoms with van der Waals surface area (Å²) < 4.78 is 12.2. The second-order valence-electron chi connectivity index (χ2n) is 8.49. The molecule has 3 heterocycles. The molecule has 12 heteroatoms. The van der Waals surface area contributed by atoms with Crippen LogP contribution >= 0.6 is 0 Å². The minimum absolute atomic E-state index is 0.130. The Balaban J connectivity index is 1.36. The number of nitrogen functional groups attached to an aromatic ring is 1. The summed E-state index contributed by atoms with van der Waals surface area (Å²) in [6.45, 7) is 0.181. The molecule has 3 atom stereocenters. The highest BCUT2D eigenvalue weighted by atomic mass is 16.5. The zero-order valence-corrected chi connectivity index (χ0v) is 18.1. The van der Waals surface area contributed by atoms with E-state index in [0.717, 1.165) is 25.7 Å². The highest BCUT2D eigenvalue weighted by Gasteiger charge is 2.41. The first-order chi connectivity index (χ1) is 15.9. The minimum Gasteiger partial charge on any atom is -0.453 e. The van der Waals surface area contributed by atoms with Crippen molar-refractivity contribution < 1.29 is 24.2 Å². The lowest BCUT2D eigenvalue weighted by atomic mass is 10.2. The summed E-state index contributed by atoms with van der Waals surface area (Å²) >= 11 is 0. The zero-order chi connectivity index (χ0) is 23.1. The Kier molecular flexibility index (Phi) is 5.51. The van der Waals surface area contributed by atoms with Crippen LogP contribution in [0, 0.1) is 11.8 Å². The Labute approximate surface area is 189 Å². The fourth-order valence-corrected chi connectivity index (χ4v) is 3.82. The lowest BCUT2D eigenvalue weighted by Crippen LogP contribution is -2.35. The van der Waals surface area contributed by atoms with Gasteiger partial charge < -0.3 is 25.6 Å². The van der Waals surface area contributed by atoms with Crippen molar-refractivity contribution in [2.75, 3.05) is 19.4 Å². The molecule has 5 rings (SSSR count). The summed E-state index contributed by atoms with van der Waals surface area (Å²) in [4.78, 5) is 38.7. The first kappa shape index (κ1) is 21.4. The van der Waals surface area contributed by atoms with E-state index in [1.807, 2.05) is 0 Å². The number of aliphatic hydroxyl groups excluding tert-OH is 1. The van der Waals surface area contributed by atoms with Gasteiger partial charge in [0.1, 0.15) is 17.7 Å². The van der Waals surface area contributed by atoms with Crippen LogP contribution < -0.4 is 11.1 Å². The normalized spacial score (nSPS) is 24.2. The number of hydrogen-bond acceptors (Lipinski definition) is 9. The number of ether oxygens (including phenoxy) is 2. The van der Waals surface area contributed by atoms with E-state index in [1.165, 1.54) is 13.4 Å². The maximum atomic E-state index is 12.4. The van der Waals surface area contributed by atoms with Gasteiger partial charge in [0.2, 0.25) is 11.7 Å². The van der Waals surface area contributed by atoms with E-state index in [9.17, 15) is 14.7 Å². The van der Waals surface area contributed by atoms with Crippen LogP contribution in [0.4, 0.5) is 10.6 Å². The molecule has 1 saturated heterocycles.